The van der Waals surface area contributed by atoms with Crippen LogP contribution >= 0.6 is 11.3 Å². The van der Waals surface area contributed by atoms with Gasteiger partial charge in [-0.1, -0.05) is 19.9 Å². The maximum absolute atomic E-state index is 12.1. The third kappa shape index (κ3) is 3.78. The number of thiophene rings is 1. The van der Waals surface area contributed by atoms with E-state index in [-0.39, 0.29) is 17.9 Å². The molecule has 0 unspecified atom stereocenters. The van der Waals surface area contributed by atoms with Gasteiger partial charge in [-0.3, -0.25) is 9.69 Å². The van der Waals surface area contributed by atoms with Crippen molar-refractivity contribution in [2.45, 2.75) is 26.4 Å². The average Bonchev–Trinajstić information content (AvgIpc) is 2.90. The summed E-state index contributed by atoms with van der Waals surface area (Å²) in [6, 6.07) is 3.89. The van der Waals surface area contributed by atoms with E-state index in [0.29, 0.717) is 0 Å². The number of piperazine rings is 1. The quantitative estimate of drug-likeness (QED) is 0.907. The maximum atomic E-state index is 12.1. The fraction of sp³-hybridized carbons (Fsp3) is 0.643. The molecule has 0 spiro atoms. The van der Waals surface area contributed by atoms with Gasteiger partial charge < -0.3 is 10.6 Å². The van der Waals surface area contributed by atoms with Crippen molar-refractivity contribution in [1.82, 2.24) is 9.80 Å². The molecule has 0 saturated carbocycles. The first kappa shape index (κ1) is 14.5. The lowest BCUT2D eigenvalue weighted by Gasteiger charge is -2.36. The molecule has 2 rings (SSSR count). The molecule has 2 N–H and O–H groups in total. The van der Waals surface area contributed by atoms with Gasteiger partial charge in [0.1, 0.15) is 0 Å². The van der Waals surface area contributed by atoms with Crippen LogP contribution in [0.3, 0.4) is 0 Å². The molecule has 1 aromatic rings. The monoisotopic (exact) mass is 281 g/mol. The van der Waals surface area contributed by atoms with E-state index in [1.54, 1.807) is 11.3 Å². The molecule has 2 heterocycles. The summed E-state index contributed by atoms with van der Waals surface area (Å²) < 4.78 is 0. The van der Waals surface area contributed by atoms with Crippen LogP contribution in [0.1, 0.15) is 18.7 Å². The number of hydrogen-bond acceptors (Lipinski definition) is 4. The lowest BCUT2D eigenvalue weighted by molar-refractivity contribution is -0.135. The van der Waals surface area contributed by atoms with E-state index in [1.807, 2.05) is 18.7 Å². The second-order valence-electron chi connectivity index (χ2n) is 5.45. The minimum Gasteiger partial charge on any atom is -0.339 e. The predicted molar refractivity (Wildman–Crippen MR) is 79.0 cm³/mol. The van der Waals surface area contributed by atoms with Gasteiger partial charge in [0.05, 0.1) is 6.04 Å². The highest BCUT2D eigenvalue weighted by molar-refractivity contribution is 7.09. The van der Waals surface area contributed by atoms with E-state index >= 15 is 0 Å². The second-order valence-corrected chi connectivity index (χ2v) is 6.48. The van der Waals surface area contributed by atoms with Gasteiger partial charge in [-0.2, -0.15) is 0 Å². The van der Waals surface area contributed by atoms with E-state index in [0.717, 1.165) is 32.7 Å². The molecule has 0 radical (unpaired) electrons. The average molecular weight is 281 g/mol. The zero-order valence-corrected chi connectivity index (χ0v) is 12.5. The van der Waals surface area contributed by atoms with E-state index in [4.69, 9.17) is 5.73 Å². The van der Waals surface area contributed by atoms with Crippen LogP contribution in [-0.4, -0.2) is 47.9 Å². The number of nitrogens with zero attached hydrogens (tertiary/aromatic N) is 2. The minimum atomic E-state index is -0.358. The summed E-state index contributed by atoms with van der Waals surface area (Å²) in [6.45, 7) is 8.46. The second kappa shape index (κ2) is 6.50. The first-order valence-corrected chi connectivity index (χ1v) is 7.75. The van der Waals surface area contributed by atoms with Gasteiger partial charge in [-0.25, -0.2) is 0 Å². The molecule has 106 valence electrons. The van der Waals surface area contributed by atoms with Gasteiger partial charge in [0.2, 0.25) is 5.91 Å². The van der Waals surface area contributed by atoms with Crippen LogP contribution in [0, 0.1) is 5.92 Å². The number of hydrogen-bond donors (Lipinski definition) is 1. The number of carbonyl (C=O) groups is 1. The van der Waals surface area contributed by atoms with Crippen LogP contribution in [0.5, 0.6) is 0 Å². The summed E-state index contributed by atoms with van der Waals surface area (Å²) in [5.41, 5.74) is 5.93. The van der Waals surface area contributed by atoms with Gasteiger partial charge in [0.15, 0.2) is 0 Å². The third-order valence-corrected chi connectivity index (χ3v) is 4.51. The molecule has 0 aliphatic carbocycles. The van der Waals surface area contributed by atoms with Gasteiger partial charge >= 0.3 is 0 Å². The summed E-state index contributed by atoms with van der Waals surface area (Å²) in [6.07, 6.45) is 0. The number of amides is 1. The van der Waals surface area contributed by atoms with Crippen LogP contribution < -0.4 is 5.73 Å². The summed E-state index contributed by atoms with van der Waals surface area (Å²) in [4.78, 5) is 17.8. The summed E-state index contributed by atoms with van der Waals surface area (Å²) in [7, 11) is 0. The molecule has 5 heteroatoms. The number of nitrogens with two attached hydrogens (primary N) is 1. The molecule has 1 saturated heterocycles. The van der Waals surface area contributed by atoms with Crippen LogP contribution in [0.15, 0.2) is 17.5 Å². The SMILES string of the molecule is CC(C)[C@@H](N)C(=O)N1CCN(Cc2cccs2)CC1. The topological polar surface area (TPSA) is 49.6 Å². The highest BCUT2D eigenvalue weighted by Gasteiger charge is 2.26. The molecule has 0 aromatic carbocycles. The Labute approximate surface area is 119 Å². The molecule has 19 heavy (non-hydrogen) atoms. The van der Waals surface area contributed by atoms with Crippen molar-refractivity contribution in [1.29, 1.82) is 0 Å². The zero-order valence-electron chi connectivity index (χ0n) is 11.7. The molecule has 1 aliphatic heterocycles. The first-order chi connectivity index (χ1) is 9.08. The Bertz CT molecular complexity index is 397. The normalized spacial score (nSPS) is 18.8. The van der Waals surface area contributed by atoms with E-state index in [9.17, 15) is 4.79 Å². The van der Waals surface area contributed by atoms with Crippen LogP contribution in [-0.2, 0) is 11.3 Å². The Morgan fingerprint density at radius 1 is 1.37 bits per heavy atom. The zero-order chi connectivity index (χ0) is 13.8. The first-order valence-electron chi connectivity index (χ1n) is 6.87. The van der Waals surface area contributed by atoms with E-state index in [2.05, 4.69) is 22.4 Å². The molecular formula is C14H23N3OS. The van der Waals surface area contributed by atoms with Crippen molar-refractivity contribution in [3.63, 3.8) is 0 Å². The molecule has 1 amide bonds. The van der Waals surface area contributed by atoms with Crippen molar-refractivity contribution in [2.75, 3.05) is 26.2 Å². The Balaban J connectivity index is 1.80. The van der Waals surface area contributed by atoms with Gasteiger partial charge in [-0.15, -0.1) is 11.3 Å². The Hall–Kier alpha value is -0.910. The molecule has 1 aromatic heterocycles. The lowest BCUT2D eigenvalue weighted by atomic mass is 10.0. The van der Waals surface area contributed by atoms with Crippen molar-refractivity contribution in [2.24, 2.45) is 11.7 Å². The molecule has 1 atom stereocenters. The van der Waals surface area contributed by atoms with Gasteiger partial charge in [-0.05, 0) is 17.4 Å². The fourth-order valence-corrected chi connectivity index (χ4v) is 2.99. The number of rotatable bonds is 4. The Kier molecular flexibility index (Phi) is 4.96. The fourth-order valence-electron chi connectivity index (χ4n) is 2.25. The minimum absolute atomic E-state index is 0.103. The summed E-state index contributed by atoms with van der Waals surface area (Å²) >= 11 is 1.79. The van der Waals surface area contributed by atoms with Crippen molar-refractivity contribution >= 4 is 17.2 Å². The van der Waals surface area contributed by atoms with Crippen LogP contribution in [0.25, 0.3) is 0 Å². The standard InChI is InChI=1S/C14H23N3OS/c1-11(2)13(15)14(18)17-7-5-16(6-8-17)10-12-4-3-9-19-12/h3-4,9,11,13H,5-8,10,15H2,1-2H3/t13-/m1/s1. The lowest BCUT2D eigenvalue weighted by Crippen LogP contribution is -2.54. The summed E-state index contributed by atoms with van der Waals surface area (Å²) in [5, 5.41) is 2.11. The van der Waals surface area contributed by atoms with E-state index in [1.165, 1.54) is 4.88 Å². The molecule has 4 nitrogen and oxygen atoms in total. The van der Waals surface area contributed by atoms with Gasteiger partial charge in [0, 0.05) is 37.6 Å². The molecule has 1 aliphatic rings. The van der Waals surface area contributed by atoms with Crippen molar-refractivity contribution < 1.29 is 4.79 Å². The Morgan fingerprint density at radius 2 is 2.05 bits per heavy atom. The largest absolute Gasteiger partial charge is 0.339 e. The predicted octanol–water partition coefficient (Wildman–Crippen LogP) is 1.38. The smallest absolute Gasteiger partial charge is 0.239 e. The molecule has 1 fully saturated rings. The number of carbonyl (C=O) groups excluding carboxylic acids is 1. The van der Waals surface area contributed by atoms with Crippen molar-refractivity contribution in [3.8, 4) is 0 Å². The van der Waals surface area contributed by atoms with Crippen LogP contribution in [0.2, 0.25) is 0 Å². The molecule has 0 bridgehead atoms. The van der Waals surface area contributed by atoms with Crippen LogP contribution in [0.4, 0.5) is 0 Å². The summed E-state index contributed by atoms with van der Waals surface area (Å²) in [5.74, 6) is 0.308. The van der Waals surface area contributed by atoms with E-state index < -0.39 is 0 Å². The highest BCUT2D eigenvalue weighted by Crippen LogP contribution is 2.14. The van der Waals surface area contributed by atoms with Crippen molar-refractivity contribution in [3.05, 3.63) is 22.4 Å². The third-order valence-electron chi connectivity index (χ3n) is 3.65. The highest BCUT2D eigenvalue weighted by atomic mass is 32.1. The molecular weight excluding hydrogens is 258 g/mol. The maximum Gasteiger partial charge on any atom is 0.239 e. The Morgan fingerprint density at radius 3 is 2.58 bits per heavy atom. The van der Waals surface area contributed by atoms with Gasteiger partial charge in [0.25, 0.3) is 0 Å².